The summed E-state index contributed by atoms with van der Waals surface area (Å²) in [6.07, 6.45) is 0.945. The van der Waals surface area contributed by atoms with E-state index in [1.807, 2.05) is 52.0 Å². The molecule has 0 unspecified atom stereocenters. The third-order valence-electron chi connectivity index (χ3n) is 1.79. The van der Waals surface area contributed by atoms with Gasteiger partial charge in [0, 0.05) is 6.21 Å². The minimum Gasteiger partial charge on any atom is -0.442 e. The fourth-order valence-electron chi connectivity index (χ4n) is 1.07. The number of nitrogens with zero attached hydrogens (tertiary/aromatic N) is 1. The van der Waals surface area contributed by atoms with E-state index in [4.69, 9.17) is 4.74 Å². The molecular formula is C13H17NO2. The Labute approximate surface area is 96.2 Å². The van der Waals surface area contributed by atoms with E-state index in [1.165, 1.54) is 11.8 Å². The first-order chi connectivity index (χ1) is 7.37. The molecule has 0 saturated carbocycles. The Bertz CT molecular complexity index is 385. The summed E-state index contributed by atoms with van der Waals surface area (Å²) >= 11 is 0. The summed E-state index contributed by atoms with van der Waals surface area (Å²) in [5.74, 6) is 0. The first-order valence-corrected chi connectivity index (χ1v) is 5.20. The highest BCUT2D eigenvalue weighted by Gasteiger charge is 2.14. The van der Waals surface area contributed by atoms with E-state index in [-0.39, 0.29) is 0 Å². The Balaban J connectivity index is 2.60. The standard InChI is InChI=1S/C13H17NO2/c1-10-5-7-11(8-6-10)9-14-12(15)16-13(2,3)4/h5-9H,1-4H3/b14-9+. The van der Waals surface area contributed by atoms with Gasteiger partial charge in [-0.2, -0.15) is 4.99 Å². The van der Waals surface area contributed by atoms with Crippen molar-refractivity contribution in [3.05, 3.63) is 35.4 Å². The van der Waals surface area contributed by atoms with E-state index in [1.54, 1.807) is 0 Å². The van der Waals surface area contributed by atoms with E-state index in [9.17, 15) is 4.79 Å². The largest absolute Gasteiger partial charge is 0.442 e. The van der Waals surface area contributed by atoms with Crippen molar-refractivity contribution in [1.29, 1.82) is 0 Å². The van der Waals surface area contributed by atoms with Gasteiger partial charge in [-0.25, -0.2) is 4.79 Å². The lowest BCUT2D eigenvalue weighted by atomic mass is 10.2. The van der Waals surface area contributed by atoms with Crippen LogP contribution in [0.2, 0.25) is 0 Å². The molecule has 1 aromatic rings. The van der Waals surface area contributed by atoms with Crippen molar-refractivity contribution in [1.82, 2.24) is 0 Å². The van der Waals surface area contributed by atoms with Crippen molar-refractivity contribution in [3.63, 3.8) is 0 Å². The van der Waals surface area contributed by atoms with Crippen LogP contribution >= 0.6 is 0 Å². The smallest absolute Gasteiger partial charge is 0.434 e. The summed E-state index contributed by atoms with van der Waals surface area (Å²) in [4.78, 5) is 15.0. The molecule has 1 aromatic carbocycles. The lowest BCUT2D eigenvalue weighted by Crippen LogP contribution is -2.21. The normalized spacial score (nSPS) is 11.8. The fourth-order valence-corrected chi connectivity index (χ4v) is 1.07. The fraction of sp³-hybridized carbons (Fsp3) is 0.385. The molecule has 3 heteroatoms. The Morgan fingerprint density at radius 3 is 2.31 bits per heavy atom. The predicted octanol–water partition coefficient (Wildman–Crippen LogP) is 3.35. The number of rotatable bonds is 1. The molecule has 0 aliphatic rings. The van der Waals surface area contributed by atoms with Crippen molar-refractivity contribution < 1.29 is 9.53 Å². The lowest BCUT2D eigenvalue weighted by molar-refractivity contribution is 0.0605. The molecule has 0 N–H and O–H groups in total. The number of hydrogen-bond donors (Lipinski definition) is 0. The summed E-state index contributed by atoms with van der Waals surface area (Å²) in [6, 6.07) is 7.75. The highest BCUT2D eigenvalue weighted by molar-refractivity contribution is 5.88. The molecule has 3 nitrogen and oxygen atoms in total. The van der Waals surface area contributed by atoms with E-state index in [0.29, 0.717) is 0 Å². The third-order valence-corrected chi connectivity index (χ3v) is 1.79. The van der Waals surface area contributed by atoms with Crippen LogP contribution in [-0.4, -0.2) is 17.9 Å². The van der Waals surface area contributed by atoms with Crippen LogP contribution in [-0.2, 0) is 4.74 Å². The van der Waals surface area contributed by atoms with Crippen LogP contribution in [0.15, 0.2) is 29.3 Å². The first kappa shape index (κ1) is 12.4. The summed E-state index contributed by atoms with van der Waals surface area (Å²) in [5, 5.41) is 0. The molecule has 0 bridgehead atoms. The number of carbonyl (C=O) groups is 1. The van der Waals surface area contributed by atoms with Crippen molar-refractivity contribution in [2.24, 2.45) is 4.99 Å². The number of benzene rings is 1. The number of carbonyl (C=O) groups excluding carboxylic acids is 1. The molecule has 0 aliphatic heterocycles. The number of aliphatic imine (C=N–C) groups is 1. The van der Waals surface area contributed by atoms with Crippen molar-refractivity contribution in [2.75, 3.05) is 0 Å². The molecule has 16 heavy (non-hydrogen) atoms. The molecule has 0 heterocycles. The quantitative estimate of drug-likeness (QED) is 0.679. The van der Waals surface area contributed by atoms with Gasteiger partial charge in [0.25, 0.3) is 0 Å². The van der Waals surface area contributed by atoms with E-state index in [2.05, 4.69) is 4.99 Å². The van der Waals surface area contributed by atoms with Crippen LogP contribution in [0.3, 0.4) is 0 Å². The Morgan fingerprint density at radius 1 is 1.25 bits per heavy atom. The van der Waals surface area contributed by atoms with Gasteiger partial charge in [0.2, 0.25) is 0 Å². The summed E-state index contributed by atoms with van der Waals surface area (Å²) in [5.41, 5.74) is 1.56. The van der Waals surface area contributed by atoms with Crippen LogP contribution in [0, 0.1) is 6.92 Å². The number of aryl methyl sites for hydroxylation is 1. The van der Waals surface area contributed by atoms with E-state index in [0.717, 1.165) is 5.56 Å². The average Bonchev–Trinajstić information content (AvgIpc) is 2.14. The monoisotopic (exact) mass is 219 g/mol. The SMILES string of the molecule is Cc1ccc(/C=N/C(=O)OC(C)(C)C)cc1. The molecule has 86 valence electrons. The second kappa shape index (κ2) is 4.92. The number of amides is 1. The molecule has 1 rings (SSSR count). The van der Waals surface area contributed by atoms with Gasteiger partial charge >= 0.3 is 6.09 Å². The maximum atomic E-state index is 11.3. The van der Waals surface area contributed by atoms with Gasteiger partial charge in [0.05, 0.1) is 0 Å². The molecule has 0 spiro atoms. The highest BCUT2D eigenvalue weighted by Crippen LogP contribution is 2.08. The minimum absolute atomic E-state index is 0.498. The van der Waals surface area contributed by atoms with Crippen LogP contribution < -0.4 is 0 Å². The van der Waals surface area contributed by atoms with Crippen molar-refractivity contribution in [3.8, 4) is 0 Å². The number of hydrogen-bond acceptors (Lipinski definition) is 2. The molecule has 0 radical (unpaired) electrons. The maximum absolute atomic E-state index is 11.3. The molecule has 0 aromatic heterocycles. The molecule has 1 amide bonds. The average molecular weight is 219 g/mol. The van der Waals surface area contributed by atoms with Gasteiger partial charge in [0.1, 0.15) is 5.60 Å². The number of ether oxygens (including phenoxy) is 1. The zero-order valence-electron chi connectivity index (χ0n) is 10.2. The van der Waals surface area contributed by atoms with Gasteiger partial charge in [-0.05, 0) is 33.3 Å². The van der Waals surface area contributed by atoms with Gasteiger partial charge in [-0.15, -0.1) is 0 Å². The van der Waals surface area contributed by atoms with Crippen molar-refractivity contribution >= 4 is 12.3 Å². The Morgan fingerprint density at radius 2 is 1.81 bits per heavy atom. The second-order valence-corrected chi connectivity index (χ2v) is 4.65. The van der Waals surface area contributed by atoms with E-state index < -0.39 is 11.7 Å². The molecule has 0 saturated heterocycles. The lowest BCUT2D eigenvalue weighted by Gasteiger charge is -2.17. The van der Waals surface area contributed by atoms with Crippen molar-refractivity contribution in [2.45, 2.75) is 33.3 Å². The molecular weight excluding hydrogens is 202 g/mol. The maximum Gasteiger partial charge on any atom is 0.434 e. The summed E-state index contributed by atoms with van der Waals surface area (Å²) in [7, 11) is 0. The topological polar surface area (TPSA) is 38.7 Å². The zero-order chi connectivity index (χ0) is 12.2. The van der Waals surface area contributed by atoms with E-state index >= 15 is 0 Å². The van der Waals surface area contributed by atoms with Crippen LogP contribution in [0.1, 0.15) is 31.9 Å². The van der Waals surface area contributed by atoms with Crippen LogP contribution in [0.4, 0.5) is 4.79 Å². The summed E-state index contributed by atoms with van der Waals surface area (Å²) < 4.78 is 5.05. The van der Waals surface area contributed by atoms with Gasteiger partial charge in [0.15, 0.2) is 0 Å². The Hall–Kier alpha value is -1.64. The predicted molar refractivity (Wildman–Crippen MR) is 65.0 cm³/mol. The van der Waals surface area contributed by atoms with Gasteiger partial charge in [-0.3, -0.25) is 0 Å². The molecule has 0 fully saturated rings. The first-order valence-electron chi connectivity index (χ1n) is 5.20. The second-order valence-electron chi connectivity index (χ2n) is 4.65. The summed E-state index contributed by atoms with van der Waals surface area (Å²) in [6.45, 7) is 7.44. The third kappa shape index (κ3) is 4.73. The molecule has 0 aliphatic carbocycles. The minimum atomic E-state index is -0.562. The van der Waals surface area contributed by atoms with Gasteiger partial charge in [-0.1, -0.05) is 29.8 Å². The Kier molecular flexibility index (Phi) is 3.82. The van der Waals surface area contributed by atoms with Crippen LogP contribution in [0.25, 0.3) is 0 Å². The highest BCUT2D eigenvalue weighted by atomic mass is 16.6. The molecule has 0 atom stereocenters. The zero-order valence-corrected chi connectivity index (χ0v) is 10.2. The van der Waals surface area contributed by atoms with Crippen LogP contribution in [0.5, 0.6) is 0 Å². The van der Waals surface area contributed by atoms with Gasteiger partial charge < -0.3 is 4.74 Å².